The lowest BCUT2D eigenvalue weighted by molar-refractivity contribution is -0.120. The molecule has 2 rings (SSSR count). The summed E-state index contributed by atoms with van der Waals surface area (Å²) in [5, 5.41) is 4.72. The Kier molecular flexibility index (Phi) is 4.85. The minimum atomic E-state index is -0.166. The number of rotatable bonds is 4. The van der Waals surface area contributed by atoms with Crippen LogP contribution in [0.2, 0.25) is 5.02 Å². The molecule has 20 heavy (non-hydrogen) atoms. The van der Waals surface area contributed by atoms with E-state index in [1.165, 1.54) is 0 Å². The van der Waals surface area contributed by atoms with Gasteiger partial charge in [-0.2, -0.15) is 5.10 Å². The van der Waals surface area contributed by atoms with Gasteiger partial charge >= 0.3 is 0 Å². The molecule has 0 aliphatic carbocycles. The molecule has 0 aliphatic rings. The van der Waals surface area contributed by atoms with Crippen LogP contribution >= 0.6 is 11.6 Å². The van der Waals surface area contributed by atoms with E-state index in [1.54, 1.807) is 24.5 Å². The summed E-state index contributed by atoms with van der Waals surface area (Å²) in [7, 11) is 0. The van der Waals surface area contributed by atoms with Crippen molar-refractivity contribution in [3.63, 3.8) is 0 Å². The third kappa shape index (κ3) is 4.17. The third-order valence-electron chi connectivity index (χ3n) is 2.72. The highest BCUT2D eigenvalue weighted by Gasteiger charge is 2.03. The summed E-state index contributed by atoms with van der Waals surface area (Å²) in [6, 6.07) is 10.8. The number of carbonyl (C=O) groups is 1. The average molecular weight is 288 g/mol. The number of aromatic nitrogens is 1. The van der Waals surface area contributed by atoms with Crippen molar-refractivity contribution >= 4 is 23.2 Å². The quantitative estimate of drug-likeness (QED) is 0.694. The summed E-state index contributed by atoms with van der Waals surface area (Å²) < 4.78 is 0. The normalized spacial score (nSPS) is 11.2. The van der Waals surface area contributed by atoms with Gasteiger partial charge in [0, 0.05) is 23.0 Å². The first kappa shape index (κ1) is 14.2. The summed E-state index contributed by atoms with van der Waals surface area (Å²) in [4.78, 5) is 15.7. The number of hydrazone groups is 1. The maximum Gasteiger partial charge on any atom is 0.244 e. The predicted molar refractivity (Wildman–Crippen MR) is 79.7 cm³/mol. The molecule has 0 aliphatic heterocycles. The summed E-state index contributed by atoms with van der Waals surface area (Å²) in [5.74, 6) is -0.166. The molecule has 0 saturated heterocycles. The molecule has 0 fully saturated rings. The molecule has 0 atom stereocenters. The molecular formula is C15H14ClN3O. The Hall–Kier alpha value is -2.20. The van der Waals surface area contributed by atoms with Crippen LogP contribution in [-0.4, -0.2) is 16.6 Å². The molecule has 0 bridgehead atoms. The summed E-state index contributed by atoms with van der Waals surface area (Å²) in [6.07, 6.45) is 3.64. The van der Waals surface area contributed by atoms with E-state index in [0.29, 0.717) is 5.02 Å². The molecule has 1 aromatic carbocycles. The highest BCUT2D eigenvalue weighted by atomic mass is 35.5. The molecule has 4 nitrogen and oxygen atoms in total. The Labute approximate surface area is 122 Å². The van der Waals surface area contributed by atoms with Gasteiger partial charge in [-0.15, -0.1) is 0 Å². The van der Waals surface area contributed by atoms with Crippen LogP contribution in [0.4, 0.5) is 0 Å². The summed E-state index contributed by atoms with van der Waals surface area (Å²) in [6.45, 7) is 1.83. The fourth-order valence-corrected chi connectivity index (χ4v) is 1.76. The first-order valence-electron chi connectivity index (χ1n) is 6.13. The fraction of sp³-hybridized carbons (Fsp3) is 0.133. The third-order valence-corrected chi connectivity index (χ3v) is 2.98. The van der Waals surface area contributed by atoms with Crippen LogP contribution in [0.1, 0.15) is 18.1 Å². The van der Waals surface area contributed by atoms with Gasteiger partial charge < -0.3 is 0 Å². The number of hydrogen-bond donors (Lipinski definition) is 1. The van der Waals surface area contributed by atoms with Crippen LogP contribution in [0.3, 0.4) is 0 Å². The zero-order chi connectivity index (χ0) is 14.4. The second-order valence-electron chi connectivity index (χ2n) is 4.27. The SMILES string of the molecule is CC(=NNC(=O)Cc1ccc(Cl)cc1)c1ccncc1. The lowest BCUT2D eigenvalue weighted by Crippen LogP contribution is -2.21. The highest BCUT2D eigenvalue weighted by Crippen LogP contribution is 2.09. The van der Waals surface area contributed by atoms with Crippen LogP contribution in [0, 0.1) is 0 Å². The molecule has 1 heterocycles. The van der Waals surface area contributed by atoms with E-state index in [9.17, 15) is 4.79 Å². The number of carbonyl (C=O) groups excluding carboxylic acids is 1. The van der Waals surface area contributed by atoms with E-state index in [-0.39, 0.29) is 12.3 Å². The number of benzene rings is 1. The minimum absolute atomic E-state index is 0.166. The van der Waals surface area contributed by atoms with Gasteiger partial charge in [0.15, 0.2) is 0 Å². The van der Waals surface area contributed by atoms with E-state index in [4.69, 9.17) is 11.6 Å². The van der Waals surface area contributed by atoms with Crippen molar-refractivity contribution < 1.29 is 4.79 Å². The summed E-state index contributed by atoms with van der Waals surface area (Å²) >= 11 is 5.79. The van der Waals surface area contributed by atoms with E-state index < -0.39 is 0 Å². The van der Waals surface area contributed by atoms with Crippen molar-refractivity contribution in [2.24, 2.45) is 5.10 Å². The fourth-order valence-electron chi connectivity index (χ4n) is 1.63. The predicted octanol–water partition coefficient (Wildman–Crippen LogP) is 2.82. The van der Waals surface area contributed by atoms with Gasteiger partial charge in [-0.1, -0.05) is 23.7 Å². The van der Waals surface area contributed by atoms with Gasteiger partial charge in [-0.25, -0.2) is 5.43 Å². The largest absolute Gasteiger partial charge is 0.273 e. The Morgan fingerprint density at radius 1 is 1.20 bits per heavy atom. The highest BCUT2D eigenvalue weighted by molar-refractivity contribution is 6.30. The zero-order valence-corrected chi connectivity index (χ0v) is 11.8. The number of pyridine rings is 1. The van der Waals surface area contributed by atoms with E-state index in [1.807, 2.05) is 31.2 Å². The van der Waals surface area contributed by atoms with Gasteiger partial charge in [0.25, 0.3) is 0 Å². The number of nitrogens with zero attached hydrogens (tertiary/aromatic N) is 2. The Balaban J connectivity index is 1.93. The van der Waals surface area contributed by atoms with E-state index in [2.05, 4.69) is 15.5 Å². The second-order valence-corrected chi connectivity index (χ2v) is 4.71. The molecule has 5 heteroatoms. The van der Waals surface area contributed by atoms with Crippen molar-refractivity contribution in [1.82, 2.24) is 10.4 Å². The molecule has 0 unspecified atom stereocenters. The molecule has 1 amide bonds. The average Bonchev–Trinajstić information content (AvgIpc) is 2.48. The molecule has 1 aromatic heterocycles. The lowest BCUT2D eigenvalue weighted by Gasteiger charge is -2.03. The lowest BCUT2D eigenvalue weighted by atomic mass is 10.1. The standard InChI is InChI=1S/C15H14ClN3O/c1-11(13-6-8-17-9-7-13)18-19-15(20)10-12-2-4-14(16)5-3-12/h2-9H,10H2,1H3,(H,19,20). The molecule has 0 saturated carbocycles. The van der Waals surface area contributed by atoms with Gasteiger partial charge in [-0.05, 0) is 36.8 Å². The van der Waals surface area contributed by atoms with Crippen LogP contribution < -0.4 is 5.43 Å². The number of nitrogens with one attached hydrogen (secondary N) is 1. The monoisotopic (exact) mass is 287 g/mol. The topological polar surface area (TPSA) is 54.4 Å². The Bertz CT molecular complexity index is 609. The number of halogens is 1. The maximum atomic E-state index is 11.8. The van der Waals surface area contributed by atoms with E-state index >= 15 is 0 Å². The first-order valence-corrected chi connectivity index (χ1v) is 6.51. The molecule has 0 radical (unpaired) electrons. The van der Waals surface area contributed by atoms with Crippen LogP contribution in [0.5, 0.6) is 0 Å². The summed E-state index contributed by atoms with van der Waals surface area (Å²) in [5.41, 5.74) is 5.09. The second kappa shape index (κ2) is 6.82. The van der Waals surface area contributed by atoms with Crippen LogP contribution in [0.15, 0.2) is 53.9 Å². The zero-order valence-electron chi connectivity index (χ0n) is 11.0. The molecular weight excluding hydrogens is 274 g/mol. The molecule has 0 spiro atoms. The van der Waals surface area contributed by atoms with Gasteiger partial charge in [0.2, 0.25) is 5.91 Å². The van der Waals surface area contributed by atoms with Crippen molar-refractivity contribution in [2.45, 2.75) is 13.3 Å². The van der Waals surface area contributed by atoms with Crippen LogP contribution in [0.25, 0.3) is 0 Å². The van der Waals surface area contributed by atoms with Gasteiger partial charge in [0.1, 0.15) is 0 Å². The van der Waals surface area contributed by atoms with Gasteiger partial charge in [-0.3, -0.25) is 9.78 Å². The smallest absolute Gasteiger partial charge is 0.244 e. The van der Waals surface area contributed by atoms with Crippen molar-refractivity contribution in [3.05, 3.63) is 64.9 Å². The molecule has 102 valence electrons. The Morgan fingerprint density at radius 2 is 1.85 bits per heavy atom. The number of hydrogen-bond acceptors (Lipinski definition) is 3. The first-order chi connectivity index (χ1) is 9.65. The van der Waals surface area contributed by atoms with Crippen LogP contribution in [-0.2, 0) is 11.2 Å². The van der Waals surface area contributed by atoms with Crippen molar-refractivity contribution in [1.29, 1.82) is 0 Å². The van der Waals surface area contributed by atoms with Gasteiger partial charge in [0.05, 0.1) is 12.1 Å². The van der Waals surface area contributed by atoms with Crippen molar-refractivity contribution in [2.75, 3.05) is 0 Å². The molecule has 1 N–H and O–H groups in total. The Morgan fingerprint density at radius 3 is 2.50 bits per heavy atom. The maximum absolute atomic E-state index is 11.8. The molecule has 2 aromatic rings. The number of amides is 1. The van der Waals surface area contributed by atoms with Crippen molar-refractivity contribution in [3.8, 4) is 0 Å². The minimum Gasteiger partial charge on any atom is -0.273 e. The van der Waals surface area contributed by atoms with E-state index in [0.717, 1.165) is 16.8 Å².